The van der Waals surface area contributed by atoms with Crippen LogP contribution in [-0.4, -0.2) is 10.1 Å². The zero-order valence-electron chi connectivity index (χ0n) is 9.82. The van der Waals surface area contributed by atoms with Crippen LogP contribution in [0.5, 0.6) is 0 Å². The molecule has 16 heavy (non-hydrogen) atoms. The van der Waals surface area contributed by atoms with Crippen LogP contribution in [0.15, 0.2) is 29.2 Å². The van der Waals surface area contributed by atoms with Crippen molar-refractivity contribution in [3.63, 3.8) is 0 Å². The zero-order chi connectivity index (χ0) is 12.1. The third-order valence-corrected chi connectivity index (χ3v) is 3.40. The van der Waals surface area contributed by atoms with Gasteiger partial charge in [0.1, 0.15) is 0 Å². The fraction of sp³-hybridized carbons (Fsp3) is 0.417. The molecule has 0 saturated carbocycles. The average Bonchev–Trinajstić information content (AvgIpc) is 2.28. The van der Waals surface area contributed by atoms with E-state index in [0.29, 0.717) is 17.2 Å². The van der Waals surface area contributed by atoms with Crippen molar-refractivity contribution in [1.29, 1.82) is 0 Å². The summed E-state index contributed by atoms with van der Waals surface area (Å²) in [6.07, 6.45) is 0.343. The minimum absolute atomic E-state index is 0.203. The van der Waals surface area contributed by atoms with E-state index in [1.165, 1.54) is 5.56 Å². The van der Waals surface area contributed by atoms with Gasteiger partial charge in [-0.1, -0.05) is 32.9 Å². The Morgan fingerprint density at radius 2 is 1.88 bits per heavy atom. The second-order valence-corrected chi connectivity index (χ2v) is 5.08. The Morgan fingerprint density at radius 1 is 1.31 bits per heavy atom. The number of rotatable bonds is 4. The number of carbonyl (C=O) groups excluding carboxylic acids is 1. The molecule has 1 unspecified atom stereocenters. The number of hydrogen-bond acceptors (Lipinski definition) is 2. The third-order valence-electron chi connectivity index (χ3n) is 2.29. The van der Waals surface area contributed by atoms with Gasteiger partial charge in [0.25, 0.3) is 0 Å². The van der Waals surface area contributed by atoms with Gasteiger partial charge in [0.15, 0.2) is 11.0 Å². The Balaban J connectivity index is 2.74. The summed E-state index contributed by atoms with van der Waals surface area (Å²) in [5, 5.41) is 0. The van der Waals surface area contributed by atoms with Gasteiger partial charge in [0.2, 0.25) is 5.91 Å². The lowest BCUT2D eigenvalue weighted by molar-refractivity contribution is -0.118. The summed E-state index contributed by atoms with van der Waals surface area (Å²) in [5.74, 6) is 0.249. The van der Waals surface area contributed by atoms with Crippen LogP contribution in [0.4, 0.5) is 0 Å². The SMILES string of the molecule is CCC(=O)NS(=O)c1ccc(C(C)C)cc1. The summed E-state index contributed by atoms with van der Waals surface area (Å²) >= 11 is 0. The first-order valence-electron chi connectivity index (χ1n) is 5.35. The lowest BCUT2D eigenvalue weighted by Gasteiger charge is -2.07. The first kappa shape index (κ1) is 12.9. The highest BCUT2D eigenvalue weighted by Gasteiger charge is 2.07. The molecule has 1 aromatic rings. The number of carbonyl (C=O) groups is 1. The molecule has 0 aliphatic carbocycles. The highest BCUT2D eigenvalue weighted by molar-refractivity contribution is 7.83. The van der Waals surface area contributed by atoms with E-state index in [4.69, 9.17) is 0 Å². The molecule has 0 bridgehead atoms. The van der Waals surface area contributed by atoms with Crippen LogP contribution in [0.1, 0.15) is 38.7 Å². The number of hydrogen-bond donors (Lipinski definition) is 1. The fourth-order valence-corrected chi connectivity index (χ4v) is 2.06. The second-order valence-electron chi connectivity index (χ2n) is 3.87. The normalized spacial score (nSPS) is 12.5. The summed E-state index contributed by atoms with van der Waals surface area (Å²) in [7, 11) is -1.43. The average molecular weight is 239 g/mol. The molecule has 0 radical (unpaired) electrons. The van der Waals surface area contributed by atoms with Crippen LogP contribution in [0.25, 0.3) is 0 Å². The lowest BCUT2D eigenvalue weighted by atomic mass is 10.0. The van der Waals surface area contributed by atoms with Crippen molar-refractivity contribution in [2.75, 3.05) is 0 Å². The molecule has 1 N–H and O–H groups in total. The largest absolute Gasteiger partial charge is 0.274 e. The van der Waals surface area contributed by atoms with Crippen molar-refractivity contribution in [3.8, 4) is 0 Å². The predicted molar refractivity (Wildman–Crippen MR) is 65.4 cm³/mol. The molecular weight excluding hydrogens is 222 g/mol. The van der Waals surface area contributed by atoms with E-state index in [2.05, 4.69) is 18.6 Å². The maximum absolute atomic E-state index is 11.7. The minimum atomic E-state index is -1.43. The summed E-state index contributed by atoms with van der Waals surface area (Å²) in [6, 6.07) is 7.47. The van der Waals surface area contributed by atoms with Crippen molar-refractivity contribution >= 4 is 16.9 Å². The number of amides is 1. The van der Waals surface area contributed by atoms with Gasteiger partial charge in [-0.2, -0.15) is 0 Å². The maximum atomic E-state index is 11.7. The molecule has 88 valence electrons. The first-order chi connectivity index (χ1) is 7.54. The van der Waals surface area contributed by atoms with E-state index < -0.39 is 11.0 Å². The van der Waals surface area contributed by atoms with E-state index in [-0.39, 0.29) is 5.91 Å². The summed E-state index contributed by atoms with van der Waals surface area (Å²) in [4.78, 5) is 11.7. The Kier molecular flexibility index (Phi) is 4.68. The van der Waals surface area contributed by atoms with Crippen LogP contribution in [0, 0.1) is 0 Å². The number of benzene rings is 1. The summed E-state index contributed by atoms with van der Waals surface area (Å²) < 4.78 is 14.1. The maximum Gasteiger partial charge on any atom is 0.231 e. The van der Waals surface area contributed by atoms with Gasteiger partial charge in [-0.05, 0) is 23.6 Å². The smallest absolute Gasteiger partial charge is 0.231 e. The van der Waals surface area contributed by atoms with Crippen LogP contribution in [-0.2, 0) is 15.8 Å². The van der Waals surface area contributed by atoms with Crippen LogP contribution < -0.4 is 4.72 Å². The monoisotopic (exact) mass is 239 g/mol. The molecule has 0 aliphatic heterocycles. The molecule has 0 aliphatic rings. The Bertz CT molecular complexity index is 385. The topological polar surface area (TPSA) is 46.2 Å². The van der Waals surface area contributed by atoms with Crippen molar-refractivity contribution in [1.82, 2.24) is 4.72 Å². The lowest BCUT2D eigenvalue weighted by Crippen LogP contribution is -2.24. The zero-order valence-corrected chi connectivity index (χ0v) is 10.6. The Hall–Kier alpha value is -1.16. The molecule has 0 fully saturated rings. The molecule has 4 heteroatoms. The fourth-order valence-electron chi connectivity index (χ4n) is 1.21. The van der Waals surface area contributed by atoms with Crippen molar-refractivity contribution in [2.24, 2.45) is 0 Å². The van der Waals surface area contributed by atoms with E-state index in [1.54, 1.807) is 19.1 Å². The third kappa shape index (κ3) is 3.45. The van der Waals surface area contributed by atoms with Crippen molar-refractivity contribution in [2.45, 2.75) is 38.0 Å². The molecule has 0 saturated heterocycles. The summed E-state index contributed by atoms with van der Waals surface area (Å²) in [5.41, 5.74) is 1.20. The van der Waals surface area contributed by atoms with Gasteiger partial charge < -0.3 is 0 Å². The van der Waals surface area contributed by atoms with Crippen LogP contribution in [0.3, 0.4) is 0 Å². The predicted octanol–water partition coefficient (Wildman–Crippen LogP) is 2.36. The molecule has 1 amide bonds. The molecular formula is C12H17NO2S. The highest BCUT2D eigenvalue weighted by atomic mass is 32.2. The quantitative estimate of drug-likeness (QED) is 0.876. The molecule has 0 heterocycles. The van der Waals surface area contributed by atoms with Gasteiger partial charge in [0, 0.05) is 6.42 Å². The van der Waals surface area contributed by atoms with E-state index in [1.807, 2.05) is 12.1 Å². The van der Waals surface area contributed by atoms with E-state index >= 15 is 0 Å². The second kappa shape index (κ2) is 5.80. The van der Waals surface area contributed by atoms with Gasteiger partial charge >= 0.3 is 0 Å². The van der Waals surface area contributed by atoms with Crippen molar-refractivity contribution in [3.05, 3.63) is 29.8 Å². The van der Waals surface area contributed by atoms with Crippen LogP contribution in [0.2, 0.25) is 0 Å². The van der Waals surface area contributed by atoms with Crippen LogP contribution >= 0.6 is 0 Å². The van der Waals surface area contributed by atoms with E-state index in [9.17, 15) is 9.00 Å². The molecule has 1 aromatic carbocycles. The van der Waals surface area contributed by atoms with Crippen molar-refractivity contribution < 1.29 is 9.00 Å². The molecule has 0 spiro atoms. The van der Waals surface area contributed by atoms with Gasteiger partial charge in [-0.15, -0.1) is 0 Å². The molecule has 0 aromatic heterocycles. The Morgan fingerprint density at radius 3 is 2.31 bits per heavy atom. The van der Waals surface area contributed by atoms with Gasteiger partial charge in [-0.3, -0.25) is 9.52 Å². The van der Waals surface area contributed by atoms with Gasteiger partial charge in [-0.25, -0.2) is 4.21 Å². The van der Waals surface area contributed by atoms with E-state index in [0.717, 1.165) is 0 Å². The highest BCUT2D eigenvalue weighted by Crippen LogP contribution is 2.15. The van der Waals surface area contributed by atoms with Gasteiger partial charge in [0.05, 0.1) is 4.90 Å². The Labute approximate surface area is 98.8 Å². The summed E-state index contributed by atoms with van der Waals surface area (Å²) in [6.45, 7) is 5.93. The molecule has 1 rings (SSSR count). The molecule has 3 nitrogen and oxygen atoms in total. The first-order valence-corrected chi connectivity index (χ1v) is 6.50. The minimum Gasteiger partial charge on any atom is -0.274 e. The number of nitrogens with one attached hydrogen (secondary N) is 1. The molecule has 1 atom stereocenters. The standard InChI is InChI=1S/C12H17NO2S/c1-4-12(14)13-16(15)11-7-5-10(6-8-11)9(2)3/h5-9H,4H2,1-3H3,(H,13,14).